The predicted octanol–water partition coefficient (Wildman–Crippen LogP) is 3.16. The molecule has 0 bridgehead atoms. The Morgan fingerprint density at radius 2 is 2.00 bits per heavy atom. The molecule has 0 saturated heterocycles. The van der Waals surface area contributed by atoms with Gasteiger partial charge in [-0.2, -0.15) is 0 Å². The minimum atomic E-state index is -0.0495. The van der Waals surface area contributed by atoms with Crippen molar-refractivity contribution < 1.29 is 9.53 Å². The molecule has 0 fully saturated rings. The van der Waals surface area contributed by atoms with E-state index in [2.05, 4.69) is 13.8 Å². The van der Waals surface area contributed by atoms with Gasteiger partial charge < -0.3 is 4.74 Å². The number of unbranched alkanes of at least 4 members (excludes halogenated alkanes) is 2. The molecule has 0 aromatic heterocycles. The fraction of sp³-hybridized carbons (Fsp3) is 0.909. The highest BCUT2D eigenvalue weighted by atomic mass is 16.5. The average molecular weight is 186 g/mol. The lowest BCUT2D eigenvalue weighted by Gasteiger charge is -2.09. The molecule has 0 N–H and O–H groups in total. The van der Waals surface area contributed by atoms with E-state index >= 15 is 0 Å². The number of carbonyl (C=O) groups is 1. The van der Waals surface area contributed by atoms with E-state index < -0.39 is 0 Å². The average Bonchev–Trinajstić information content (AvgIpc) is 2.05. The number of carbonyl (C=O) groups excluding carboxylic acids is 1. The molecule has 0 rings (SSSR count). The molecule has 0 spiro atoms. The van der Waals surface area contributed by atoms with Crippen molar-refractivity contribution in [3.63, 3.8) is 0 Å². The van der Waals surface area contributed by atoms with Crippen LogP contribution in [0, 0.1) is 5.92 Å². The van der Waals surface area contributed by atoms with Crippen LogP contribution in [0.3, 0.4) is 0 Å². The molecule has 0 aliphatic carbocycles. The molecule has 0 aromatic rings. The molecule has 2 nitrogen and oxygen atoms in total. The van der Waals surface area contributed by atoms with Crippen molar-refractivity contribution in [3.8, 4) is 0 Å². The monoisotopic (exact) mass is 186 g/mol. The van der Waals surface area contributed by atoms with Crippen LogP contribution < -0.4 is 0 Å². The Balaban J connectivity index is 3.38. The Morgan fingerprint density at radius 3 is 2.54 bits per heavy atom. The van der Waals surface area contributed by atoms with Gasteiger partial charge in [-0.05, 0) is 12.8 Å². The summed E-state index contributed by atoms with van der Waals surface area (Å²) in [4.78, 5) is 11.1. The summed E-state index contributed by atoms with van der Waals surface area (Å²) in [5.74, 6) is 0.428. The van der Waals surface area contributed by atoms with Gasteiger partial charge in [-0.15, -0.1) is 0 Å². The van der Waals surface area contributed by atoms with Crippen molar-refractivity contribution in [1.82, 2.24) is 0 Å². The Kier molecular flexibility index (Phi) is 7.76. The molecule has 78 valence electrons. The summed E-state index contributed by atoms with van der Waals surface area (Å²) in [5, 5.41) is 0. The second-order valence-corrected chi connectivity index (χ2v) is 3.61. The van der Waals surface area contributed by atoms with E-state index in [0.717, 1.165) is 6.42 Å². The van der Waals surface area contributed by atoms with Crippen molar-refractivity contribution in [1.29, 1.82) is 0 Å². The molecule has 0 radical (unpaired) electrons. The van der Waals surface area contributed by atoms with Gasteiger partial charge in [0.25, 0.3) is 0 Å². The van der Waals surface area contributed by atoms with Gasteiger partial charge in [0.2, 0.25) is 0 Å². The van der Waals surface area contributed by atoms with Gasteiger partial charge in [0, 0.05) is 6.42 Å². The first-order chi connectivity index (χ1) is 6.20. The first-order valence-corrected chi connectivity index (χ1v) is 5.36. The second kappa shape index (κ2) is 8.09. The molecule has 0 amide bonds. The van der Waals surface area contributed by atoms with Gasteiger partial charge in [0.1, 0.15) is 0 Å². The zero-order valence-electron chi connectivity index (χ0n) is 9.14. The van der Waals surface area contributed by atoms with Crippen molar-refractivity contribution in [3.05, 3.63) is 0 Å². The summed E-state index contributed by atoms with van der Waals surface area (Å²) < 4.78 is 4.88. The zero-order chi connectivity index (χ0) is 10.1. The topological polar surface area (TPSA) is 26.3 Å². The van der Waals surface area contributed by atoms with E-state index in [1.807, 2.05) is 6.92 Å². The van der Waals surface area contributed by atoms with Gasteiger partial charge in [-0.1, -0.05) is 39.5 Å². The SMILES string of the molecule is CCCCC[C@H](C)CC(=O)OCC. The van der Waals surface area contributed by atoms with Crippen LogP contribution in [0.15, 0.2) is 0 Å². The van der Waals surface area contributed by atoms with E-state index in [-0.39, 0.29) is 5.97 Å². The van der Waals surface area contributed by atoms with Crippen LogP contribution in [-0.2, 0) is 9.53 Å². The Hall–Kier alpha value is -0.530. The van der Waals surface area contributed by atoms with Crippen molar-refractivity contribution in [2.75, 3.05) is 6.61 Å². The van der Waals surface area contributed by atoms with Gasteiger partial charge >= 0.3 is 5.97 Å². The summed E-state index contributed by atoms with van der Waals surface area (Å²) in [6.07, 6.45) is 5.47. The molecular weight excluding hydrogens is 164 g/mol. The van der Waals surface area contributed by atoms with E-state index in [1.165, 1.54) is 19.3 Å². The van der Waals surface area contributed by atoms with Crippen molar-refractivity contribution in [2.45, 2.75) is 52.9 Å². The summed E-state index contributed by atoms with van der Waals surface area (Å²) in [7, 11) is 0. The van der Waals surface area contributed by atoms with Crippen LogP contribution in [-0.4, -0.2) is 12.6 Å². The quantitative estimate of drug-likeness (QED) is 0.451. The van der Waals surface area contributed by atoms with Gasteiger partial charge in [0.05, 0.1) is 6.61 Å². The molecule has 0 aliphatic rings. The minimum absolute atomic E-state index is 0.0495. The zero-order valence-corrected chi connectivity index (χ0v) is 9.14. The highest BCUT2D eigenvalue weighted by molar-refractivity contribution is 5.69. The molecule has 0 unspecified atom stereocenters. The predicted molar refractivity (Wildman–Crippen MR) is 54.6 cm³/mol. The lowest BCUT2D eigenvalue weighted by Crippen LogP contribution is -2.09. The van der Waals surface area contributed by atoms with E-state index in [9.17, 15) is 4.79 Å². The fourth-order valence-electron chi connectivity index (χ4n) is 1.35. The molecule has 13 heavy (non-hydrogen) atoms. The van der Waals surface area contributed by atoms with Gasteiger partial charge in [0.15, 0.2) is 0 Å². The molecule has 1 atom stereocenters. The first-order valence-electron chi connectivity index (χ1n) is 5.36. The third kappa shape index (κ3) is 7.82. The van der Waals surface area contributed by atoms with Gasteiger partial charge in [-0.25, -0.2) is 0 Å². The van der Waals surface area contributed by atoms with Crippen LogP contribution in [0.1, 0.15) is 52.9 Å². The minimum Gasteiger partial charge on any atom is -0.466 e. The lowest BCUT2D eigenvalue weighted by atomic mass is 10.0. The summed E-state index contributed by atoms with van der Waals surface area (Å²) in [5.41, 5.74) is 0. The summed E-state index contributed by atoms with van der Waals surface area (Å²) in [6, 6.07) is 0. The molecule has 2 heteroatoms. The van der Waals surface area contributed by atoms with Crippen LogP contribution in [0.5, 0.6) is 0 Å². The number of hydrogen-bond donors (Lipinski definition) is 0. The fourth-order valence-corrected chi connectivity index (χ4v) is 1.35. The number of esters is 1. The van der Waals surface area contributed by atoms with Crippen LogP contribution in [0.4, 0.5) is 0 Å². The summed E-state index contributed by atoms with van der Waals surface area (Å²) in [6.45, 7) is 6.66. The Morgan fingerprint density at radius 1 is 1.31 bits per heavy atom. The lowest BCUT2D eigenvalue weighted by molar-refractivity contribution is -0.144. The third-order valence-electron chi connectivity index (χ3n) is 2.12. The molecule has 0 aliphatic heterocycles. The molecule has 0 heterocycles. The highest BCUT2D eigenvalue weighted by Crippen LogP contribution is 2.13. The van der Waals surface area contributed by atoms with Crippen LogP contribution >= 0.6 is 0 Å². The Bertz CT molecular complexity index is 132. The Labute approximate surface area is 81.7 Å². The van der Waals surface area contributed by atoms with Gasteiger partial charge in [-0.3, -0.25) is 4.79 Å². The second-order valence-electron chi connectivity index (χ2n) is 3.61. The van der Waals surface area contributed by atoms with Crippen molar-refractivity contribution in [2.24, 2.45) is 5.92 Å². The normalized spacial score (nSPS) is 12.5. The van der Waals surface area contributed by atoms with Crippen molar-refractivity contribution >= 4 is 5.97 Å². The number of rotatable bonds is 7. The van der Waals surface area contributed by atoms with E-state index in [0.29, 0.717) is 18.9 Å². The standard InChI is InChI=1S/C11H22O2/c1-4-6-7-8-10(3)9-11(12)13-5-2/h10H,4-9H2,1-3H3/t10-/m0/s1. The molecule has 0 aromatic carbocycles. The van der Waals surface area contributed by atoms with E-state index in [4.69, 9.17) is 4.74 Å². The maximum atomic E-state index is 11.1. The smallest absolute Gasteiger partial charge is 0.306 e. The number of ether oxygens (including phenoxy) is 1. The molecule has 0 saturated carbocycles. The highest BCUT2D eigenvalue weighted by Gasteiger charge is 2.08. The summed E-state index contributed by atoms with van der Waals surface area (Å²) >= 11 is 0. The third-order valence-corrected chi connectivity index (χ3v) is 2.12. The first kappa shape index (κ1) is 12.5. The van der Waals surface area contributed by atoms with E-state index in [1.54, 1.807) is 0 Å². The van der Waals surface area contributed by atoms with Crippen LogP contribution in [0.25, 0.3) is 0 Å². The van der Waals surface area contributed by atoms with Crippen LogP contribution in [0.2, 0.25) is 0 Å². The number of hydrogen-bond acceptors (Lipinski definition) is 2. The largest absolute Gasteiger partial charge is 0.466 e. The molecular formula is C11H22O2. The maximum absolute atomic E-state index is 11.1. The maximum Gasteiger partial charge on any atom is 0.306 e.